The van der Waals surface area contributed by atoms with Crippen LogP contribution in [0.15, 0.2) is 0 Å². The standard InChI is InChI=1S/C7H13ClN2O3/c1-13-4-2-3-9-7(12)10-6(11)5-8/h2-5H2,1H3,(H2,9,10,11,12). The Balaban J connectivity index is 3.35. The third kappa shape index (κ3) is 7.55. The Hall–Kier alpha value is -0.810. The Morgan fingerprint density at radius 2 is 2.15 bits per heavy atom. The molecule has 0 aromatic heterocycles. The summed E-state index contributed by atoms with van der Waals surface area (Å²) >= 11 is 5.17. The second-order valence-electron chi connectivity index (χ2n) is 2.28. The normalized spacial score (nSPS) is 9.38. The first-order valence-electron chi connectivity index (χ1n) is 3.83. The Bertz CT molecular complexity index is 175. The lowest BCUT2D eigenvalue weighted by atomic mass is 10.4. The van der Waals surface area contributed by atoms with Crippen LogP contribution in [-0.4, -0.2) is 38.1 Å². The summed E-state index contributed by atoms with van der Waals surface area (Å²) < 4.78 is 4.77. The second kappa shape index (κ2) is 7.82. The number of rotatable bonds is 5. The number of amides is 3. The lowest BCUT2D eigenvalue weighted by Crippen LogP contribution is -2.40. The summed E-state index contributed by atoms with van der Waals surface area (Å²) in [6, 6.07) is -0.526. The van der Waals surface area contributed by atoms with E-state index in [0.29, 0.717) is 19.6 Å². The zero-order valence-electron chi connectivity index (χ0n) is 7.43. The minimum atomic E-state index is -0.526. The van der Waals surface area contributed by atoms with Gasteiger partial charge in [0, 0.05) is 20.3 Å². The second-order valence-corrected chi connectivity index (χ2v) is 2.55. The maximum absolute atomic E-state index is 10.8. The highest BCUT2D eigenvalue weighted by atomic mass is 35.5. The number of alkyl halides is 1. The van der Waals surface area contributed by atoms with Crippen molar-refractivity contribution in [2.75, 3.05) is 26.1 Å². The number of methoxy groups -OCH3 is 1. The molecular formula is C7H13ClN2O3. The number of hydrogen-bond acceptors (Lipinski definition) is 3. The molecule has 0 radical (unpaired) electrons. The summed E-state index contributed by atoms with van der Waals surface area (Å²) in [4.78, 5) is 21.4. The number of carbonyl (C=O) groups is 2. The molecule has 0 bridgehead atoms. The van der Waals surface area contributed by atoms with Gasteiger partial charge in [-0.1, -0.05) is 0 Å². The summed E-state index contributed by atoms with van der Waals surface area (Å²) in [5.41, 5.74) is 0. The van der Waals surface area contributed by atoms with Gasteiger partial charge in [-0.3, -0.25) is 10.1 Å². The molecule has 0 aliphatic rings. The van der Waals surface area contributed by atoms with Crippen LogP contribution >= 0.6 is 11.6 Å². The number of ether oxygens (including phenoxy) is 1. The summed E-state index contributed by atoms with van der Waals surface area (Å²) in [6.07, 6.45) is 0.707. The molecule has 0 rings (SSSR count). The van der Waals surface area contributed by atoms with Crippen molar-refractivity contribution in [2.45, 2.75) is 6.42 Å². The molecule has 0 unspecified atom stereocenters. The average Bonchev–Trinajstić information content (AvgIpc) is 2.12. The van der Waals surface area contributed by atoms with Crippen LogP contribution in [0.5, 0.6) is 0 Å². The molecule has 0 saturated carbocycles. The van der Waals surface area contributed by atoms with E-state index in [1.54, 1.807) is 7.11 Å². The molecule has 6 heteroatoms. The van der Waals surface area contributed by atoms with E-state index in [9.17, 15) is 9.59 Å². The highest BCUT2D eigenvalue weighted by molar-refractivity contribution is 6.28. The molecule has 3 amide bonds. The lowest BCUT2D eigenvalue weighted by Gasteiger charge is -2.04. The third-order valence-electron chi connectivity index (χ3n) is 1.19. The van der Waals surface area contributed by atoms with E-state index in [0.717, 1.165) is 0 Å². The average molecular weight is 209 g/mol. The molecule has 0 atom stereocenters. The van der Waals surface area contributed by atoms with Crippen molar-refractivity contribution in [1.29, 1.82) is 0 Å². The van der Waals surface area contributed by atoms with Gasteiger partial charge in [0.05, 0.1) is 0 Å². The molecule has 0 aromatic carbocycles. The molecule has 76 valence electrons. The van der Waals surface area contributed by atoms with E-state index in [1.807, 2.05) is 5.32 Å². The van der Waals surface area contributed by atoms with Gasteiger partial charge in [-0.15, -0.1) is 11.6 Å². The number of imide groups is 1. The fraction of sp³-hybridized carbons (Fsp3) is 0.714. The van der Waals surface area contributed by atoms with Crippen LogP contribution in [0, 0.1) is 0 Å². The Kier molecular flexibility index (Phi) is 7.33. The predicted molar refractivity (Wildman–Crippen MR) is 48.8 cm³/mol. The number of nitrogens with one attached hydrogen (secondary N) is 2. The van der Waals surface area contributed by atoms with Crippen LogP contribution in [0.25, 0.3) is 0 Å². The zero-order valence-corrected chi connectivity index (χ0v) is 8.19. The molecule has 0 heterocycles. The van der Waals surface area contributed by atoms with Crippen LogP contribution in [0.1, 0.15) is 6.42 Å². The predicted octanol–water partition coefficient (Wildman–Crippen LogP) is 0.0875. The number of hydrogen-bond donors (Lipinski definition) is 2. The van der Waals surface area contributed by atoms with E-state index < -0.39 is 11.9 Å². The fourth-order valence-electron chi connectivity index (χ4n) is 0.623. The molecule has 2 N–H and O–H groups in total. The van der Waals surface area contributed by atoms with Crippen LogP contribution in [0.4, 0.5) is 4.79 Å². The van der Waals surface area contributed by atoms with E-state index >= 15 is 0 Å². The third-order valence-corrected chi connectivity index (χ3v) is 1.43. The summed E-state index contributed by atoms with van der Waals surface area (Å²) in [6.45, 7) is 1.04. The molecule has 0 aliphatic heterocycles. The molecule has 0 aromatic rings. The van der Waals surface area contributed by atoms with Crippen LogP contribution in [0.3, 0.4) is 0 Å². The van der Waals surface area contributed by atoms with Crippen LogP contribution in [0.2, 0.25) is 0 Å². The van der Waals surface area contributed by atoms with Gasteiger partial charge in [0.25, 0.3) is 0 Å². The molecule has 5 nitrogen and oxygen atoms in total. The topological polar surface area (TPSA) is 67.4 Å². The summed E-state index contributed by atoms with van der Waals surface area (Å²) in [5, 5.41) is 4.52. The zero-order chi connectivity index (χ0) is 10.1. The molecule has 0 spiro atoms. The van der Waals surface area contributed by atoms with E-state index in [1.165, 1.54) is 0 Å². The summed E-state index contributed by atoms with van der Waals surface area (Å²) in [5.74, 6) is -0.725. The molecular weight excluding hydrogens is 196 g/mol. The van der Waals surface area contributed by atoms with Crippen LogP contribution in [-0.2, 0) is 9.53 Å². The maximum Gasteiger partial charge on any atom is 0.321 e. The maximum atomic E-state index is 10.8. The van der Waals surface area contributed by atoms with Crippen molar-refractivity contribution in [3.8, 4) is 0 Å². The van der Waals surface area contributed by atoms with Gasteiger partial charge in [-0.05, 0) is 6.42 Å². The molecule has 0 aliphatic carbocycles. The van der Waals surface area contributed by atoms with Gasteiger partial charge in [-0.2, -0.15) is 0 Å². The number of urea groups is 1. The molecule has 0 fully saturated rings. The minimum Gasteiger partial charge on any atom is -0.385 e. The Morgan fingerprint density at radius 3 is 2.69 bits per heavy atom. The lowest BCUT2D eigenvalue weighted by molar-refractivity contribution is -0.117. The highest BCUT2D eigenvalue weighted by Gasteiger charge is 2.03. The monoisotopic (exact) mass is 208 g/mol. The van der Waals surface area contributed by atoms with Gasteiger partial charge in [0.15, 0.2) is 0 Å². The van der Waals surface area contributed by atoms with Gasteiger partial charge in [0.2, 0.25) is 5.91 Å². The summed E-state index contributed by atoms with van der Waals surface area (Å²) in [7, 11) is 1.58. The van der Waals surface area contributed by atoms with Crippen molar-refractivity contribution < 1.29 is 14.3 Å². The van der Waals surface area contributed by atoms with Gasteiger partial charge >= 0.3 is 6.03 Å². The van der Waals surface area contributed by atoms with Gasteiger partial charge in [-0.25, -0.2) is 4.79 Å². The van der Waals surface area contributed by atoms with E-state index in [2.05, 4.69) is 5.32 Å². The van der Waals surface area contributed by atoms with Gasteiger partial charge < -0.3 is 10.1 Å². The molecule has 0 saturated heterocycles. The number of halogens is 1. The van der Waals surface area contributed by atoms with Gasteiger partial charge in [0.1, 0.15) is 5.88 Å². The first-order valence-corrected chi connectivity index (χ1v) is 4.36. The number of carbonyl (C=O) groups excluding carboxylic acids is 2. The van der Waals surface area contributed by atoms with E-state index in [4.69, 9.17) is 16.3 Å². The fourth-order valence-corrected chi connectivity index (χ4v) is 0.689. The largest absolute Gasteiger partial charge is 0.385 e. The SMILES string of the molecule is COCCCNC(=O)NC(=O)CCl. The molecule has 13 heavy (non-hydrogen) atoms. The Morgan fingerprint density at radius 1 is 1.46 bits per heavy atom. The van der Waals surface area contributed by atoms with Crippen molar-refractivity contribution in [1.82, 2.24) is 10.6 Å². The van der Waals surface area contributed by atoms with Crippen molar-refractivity contribution in [3.63, 3.8) is 0 Å². The van der Waals surface area contributed by atoms with Crippen molar-refractivity contribution in [3.05, 3.63) is 0 Å². The van der Waals surface area contributed by atoms with Crippen molar-refractivity contribution >= 4 is 23.5 Å². The quantitative estimate of drug-likeness (QED) is 0.497. The van der Waals surface area contributed by atoms with Crippen molar-refractivity contribution in [2.24, 2.45) is 0 Å². The smallest absolute Gasteiger partial charge is 0.321 e. The first kappa shape index (κ1) is 12.2. The highest BCUT2D eigenvalue weighted by Crippen LogP contribution is 1.78. The van der Waals surface area contributed by atoms with E-state index in [-0.39, 0.29) is 5.88 Å². The van der Waals surface area contributed by atoms with Crippen LogP contribution < -0.4 is 10.6 Å². The first-order chi connectivity index (χ1) is 6.20. The Labute approximate surface area is 81.8 Å². The minimum absolute atomic E-state index is 0.217.